The second-order valence-electron chi connectivity index (χ2n) is 3.87. The van der Waals surface area contributed by atoms with E-state index in [4.69, 9.17) is 10.4 Å². The van der Waals surface area contributed by atoms with Crippen LogP contribution in [0, 0.1) is 0 Å². The van der Waals surface area contributed by atoms with Crippen molar-refractivity contribution in [3.8, 4) is 0 Å². The maximum atomic E-state index is 8.71. The number of hydrogen-bond donors (Lipinski definition) is 2. The van der Waals surface area contributed by atoms with E-state index in [9.17, 15) is 0 Å². The van der Waals surface area contributed by atoms with Crippen LogP contribution in [-0.4, -0.2) is 46.4 Å². The van der Waals surface area contributed by atoms with Crippen molar-refractivity contribution < 1.29 is 10.4 Å². The third kappa shape index (κ3) is 6.12. The maximum absolute atomic E-state index is 8.71. The predicted octanol–water partition coefficient (Wildman–Crippen LogP) is 2.39. The zero-order valence-electron chi connectivity index (χ0n) is 11.5. The third-order valence-electron chi connectivity index (χ3n) is 2.56. The number of aliphatic imine (C=N–C) groups is 2. The van der Waals surface area contributed by atoms with Gasteiger partial charge in [-0.3, -0.25) is 9.98 Å². The van der Waals surface area contributed by atoms with E-state index in [0.717, 1.165) is 17.8 Å². The number of nitrogens with zero attached hydrogens (tertiary/aromatic N) is 4. The monoisotopic (exact) mass is 254 g/mol. The molecule has 0 rings (SSSR count). The molecule has 18 heavy (non-hydrogen) atoms. The minimum absolute atomic E-state index is 0.523. The van der Waals surface area contributed by atoms with E-state index in [2.05, 4.69) is 20.3 Å². The lowest BCUT2D eigenvalue weighted by Gasteiger charge is -2.01. The molecule has 0 amide bonds. The van der Waals surface area contributed by atoms with Gasteiger partial charge in [-0.1, -0.05) is 17.2 Å². The van der Waals surface area contributed by atoms with Crippen molar-refractivity contribution in [1.29, 1.82) is 0 Å². The van der Waals surface area contributed by atoms with Gasteiger partial charge in [-0.15, -0.1) is 0 Å². The molecule has 0 aliphatic carbocycles. The Balaban J connectivity index is 4.12. The molecule has 6 nitrogen and oxygen atoms in total. The first-order valence-electron chi connectivity index (χ1n) is 5.99. The summed E-state index contributed by atoms with van der Waals surface area (Å²) in [6, 6.07) is 0. The van der Waals surface area contributed by atoms with Crippen LogP contribution in [0.25, 0.3) is 0 Å². The Morgan fingerprint density at radius 3 is 1.83 bits per heavy atom. The molecule has 0 unspecified atom stereocenters. The molecular weight excluding hydrogens is 232 g/mol. The Morgan fingerprint density at radius 1 is 0.833 bits per heavy atom. The number of hydrogen-bond acceptors (Lipinski definition) is 6. The molecule has 0 atom stereocenters. The van der Waals surface area contributed by atoms with E-state index in [-0.39, 0.29) is 0 Å². The Bertz CT molecular complexity index is 370. The molecule has 0 spiro atoms. The van der Waals surface area contributed by atoms with Crippen molar-refractivity contribution in [2.45, 2.75) is 40.5 Å². The van der Waals surface area contributed by atoms with E-state index in [0.29, 0.717) is 30.9 Å². The van der Waals surface area contributed by atoms with E-state index in [1.54, 1.807) is 13.8 Å². The van der Waals surface area contributed by atoms with Crippen LogP contribution in [0.1, 0.15) is 40.5 Å². The normalized spacial score (nSPS) is 15.1. The minimum Gasteiger partial charge on any atom is -0.411 e. The summed E-state index contributed by atoms with van der Waals surface area (Å²) in [6.45, 7) is 8.52. The molecule has 0 aliphatic rings. The van der Waals surface area contributed by atoms with Gasteiger partial charge in [0.1, 0.15) is 0 Å². The second kappa shape index (κ2) is 9.32. The summed E-state index contributed by atoms with van der Waals surface area (Å²) in [4.78, 5) is 8.56. The van der Waals surface area contributed by atoms with Crippen molar-refractivity contribution in [2.75, 3.05) is 13.1 Å². The minimum atomic E-state index is 0.523. The van der Waals surface area contributed by atoms with Gasteiger partial charge in [-0.2, -0.15) is 0 Å². The smallest absolute Gasteiger partial charge is 0.0999 e. The summed E-state index contributed by atoms with van der Waals surface area (Å²) >= 11 is 0. The molecule has 0 saturated carbocycles. The average molecular weight is 254 g/mol. The standard InChI is InChI=1S/C12H22N4O2/c1-5-12(16-18)11(4)14-8-6-7-13-9(2)10(3)15-17/h17-18H,5-8H2,1-4H3/b13-9?,14-11?,15-10+,16-12-. The van der Waals surface area contributed by atoms with Gasteiger partial charge >= 0.3 is 0 Å². The Hall–Kier alpha value is -1.72. The molecular formula is C12H22N4O2. The first-order chi connectivity index (χ1) is 8.56. The molecule has 2 N–H and O–H groups in total. The SMILES string of the molecule is CC/C(=N/O)C(C)=NCCCN=C(C)/C(C)=N/O. The van der Waals surface area contributed by atoms with Gasteiger partial charge in [-0.25, -0.2) is 0 Å². The molecule has 6 heteroatoms. The van der Waals surface area contributed by atoms with Crippen molar-refractivity contribution in [1.82, 2.24) is 0 Å². The summed E-state index contributed by atoms with van der Waals surface area (Å²) in [7, 11) is 0. The Kier molecular flexibility index (Phi) is 8.43. The summed E-state index contributed by atoms with van der Waals surface area (Å²) in [5.74, 6) is 0. The van der Waals surface area contributed by atoms with Crippen LogP contribution in [-0.2, 0) is 0 Å². The summed E-state index contributed by atoms with van der Waals surface area (Å²) in [6.07, 6.45) is 1.46. The fourth-order valence-corrected chi connectivity index (χ4v) is 1.24. The van der Waals surface area contributed by atoms with Crippen molar-refractivity contribution in [3.63, 3.8) is 0 Å². The molecule has 0 aromatic heterocycles. The lowest BCUT2D eigenvalue weighted by Crippen LogP contribution is -2.10. The molecule has 0 radical (unpaired) electrons. The fraction of sp³-hybridized carbons (Fsp3) is 0.667. The van der Waals surface area contributed by atoms with Gasteiger partial charge in [0.15, 0.2) is 0 Å². The van der Waals surface area contributed by atoms with Crippen molar-refractivity contribution >= 4 is 22.8 Å². The van der Waals surface area contributed by atoms with Crippen LogP contribution in [0.15, 0.2) is 20.3 Å². The molecule has 0 saturated heterocycles. The van der Waals surface area contributed by atoms with Crippen LogP contribution >= 0.6 is 0 Å². The second-order valence-corrected chi connectivity index (χ2v) is 3.87. The lowest BCUT2D eigenvalue weighted by molar-refractivity contribution is 0.319. The topological polar surface area (TPSA) is 89.9 Å². The van der Waals surface area contributed by atoms with Crippen LogP contribution < -0.4 is 0 Å². The molecule has 0 bridgehead atoms. The number of rotatable bonds is 7. The highest BCUT2D eigenvalue weighted by Gasteiger charge is 2.00. The summed E-state index contributed by atoms with van der Waals surface area (Å²) < 4.78 is 0. The Morgan fingerprint density at radius 2 is 1.39 bits per heavy atom. The van der Waals surface area contributed by atoms with E-state index in [1.165, 1.54) is 0 Å². The van der Waals surface area contributed by atoms with Crippen LogP contribution in [0.5, 0.6) is 0 Å². The molecule has 102 valence electrons. The van der Waals surface area contributed by atoms with Gasteiger partial charge in [0, 0.05) is 13.1 Å². The van der Waals surface area contributed by atoms with Crippen LogP contribution in [0.4, 0.5) is 0 Å². The van der Waals surface area contributed by atoms with Crippen LogP contribution in [0.2, 0.25) is 0 Å². The largest absolute Gasteiger partial charge is 0.411 e. The first-order valence-corrected chi connectivity index (χ1v) is 5.99. The molecule has 0 aromatic carbocycles. The highest BCUT2D eigenvalue weighted by Crippen LogP contribution is 1.93. The third-order valence-corrected chi connectivity index (χ3v) is 2.56. The van der Waals surface area contributed by atoms with E-state index < -0.39 is 0 Å². The number of oxime groups is 2. The summed E-state index contributed by atoms with van der Waals surface area (Å²) in [5, 5.41) is 23.5. The molecule has 0 aliphatic heterocycles. The van der Waals surface area contributed by atoms with Crippen molar-refractivity contribution in [3.05, 3.63) is 0 Å². The predicted molar refractivity (Wildman–Crippen MR) is 75.0 cm³/mol. The van der Waals surface area contributed by atoms with Gasteiger partial charge in [0.25, 0.3) is 0 Å². The van der Waals surface area contributed by atoms with Crippen molar-refractivity contribution in [2.24, 2.45) is 20.3 Å². The van der Waals surface area contributed by atoms with Gasteiger partial charge in [-0.05, 0) is 33.6 Å². The average Bonchev–Trinajstić information content (AvgIpc) is 2.38. The fourth-order valence-electron chi connectivity index (χ4n) is 1.24. The molecule has 0 fully saturated rings. The van der Waals surface area contributed by atoms with Gasteiger partial charge in [0.2, 0.25) is 0 Å². The first kappa shape index (κ1) is 16.3. The molecule has 0 heterocycles. The highest BCUT2D eigenvalue weighted by atomic mass is 16.4. The zero-order valence-corrected chi connectivity index (χ0v) is 11.5. The quantitative estimate of drug-likeness (QED) is 0.316. The zero-order chi connectivity index (χ0) is 14.0. The van der Waals surface area contributed by atoms with Gasteiger partial charge in [0.05, 0.1) is 22.8 Å². The Labute approximate surface area is 108 Å². The van der Waals surface area contributed by atoms with E-state index in [1.807, 2.05) is 13.8 Å². The maximum Gasteiger partial charge on any atom is 0.0999 e. The van der Waals surface area contributed by atoms with E-state index >= 15 is 0 Å². The lowest BCUT2D eigenvalue weighted by atomic mass is 10.2. The molecule has 0 aromatic rings. The van der Waals surface area contributed by atoms with Crippen LogP contribution in [0.3, 0.4) is 0 Å². The van der Waals surface area contributed by atoms with Gasteiger partial charge < -0.3 is 10.4 Å². The highest BCUT2D eigenvalue weighted by molar-refractivity contribution is 6.41. The summed E-state index contributed by atoms with van der Waals surface area (Å²) in [5.41, 5.74) is 2.62.